The summed E-state index contributed by atoms with van der Waals surface area (Å²) < 4.78 is 31.0. The normalized spacial score (nSPS) is 10.9. The number of nitrogens with one attached hydrogen (secondary N) is 1. The molecule has 1 aromatic carbocycles. The molecule has 6 nitrogen and oxygen atoms in total. The Morgan fingerprint density at radius 2 is 1.74 bits per heavy atom. The van der Waals surface area contributed by atoms with Gasteiger partial charge in [-0.3, -0.25) is 4.72 Å². The Hall–Kier alpha value is -2.15. The van der Waals surface area contributed by atoms with E-state index in [0.717, 1.165) is 0 Å². The molecule has 0 saturated carbocycles. The van der Waals surface area contributed by atoms with Gasteiger partial charge in [0.15, 0.2) is 0 Å². The van der Waals surface area contributed by atoms with E-state index in [4.69, 9.17) is 4.74 Å². The zero-order chi connectivity index (χ0) is 13.6. The molecule has 100 valence electrons. The number of ether oxygens (including phenoxy) is 1. The summed E-state index contributed by atoms with van der Waals surface area (Å²) in [5.41, 5.74) is 0. The van der Waals surface area contributed by atoms with Gasteiger partial charge in [-0.05, 0) is 18.2 Å². The predicted molar refractivity (Wildman–Crippen MR) is 71.4 cm³/mol. The smallest absolute Gasteiger partial charge is 0.238 e. The number of benzene rings is 1. The van der Waals surface area contributed by atoms with Crippen LogP contribution < -0.4 is 9.46 Å². The molecule has 1 N–H and O–H groups in total. The molecule has 0 aliphatic carbocycles. The summed E-state index contributed by atoms with van der Waals surface area (Å²) in [4.78, 5) is 7.58. The molecular formula is C12H13N3O3S. The summed E-state index contributed by atoms with van der Waals surface area (Å²) in [5, 5.41) is 0. The van der Waals surface area contributed by atoms with Crippen LogP contribution in [0.2, 0.25) is 0 Å². The third-order valence-corrected chi connectivity index (χ3v) is 3.37. The Morgan fingerprint density at radius 1 is 1.05 bits per heavy atom. The van der Waals surface area contributed by atoms with Gasteiger partial charge < -0.3 is 4.74 Å². The van der Waals surface area contributed by atoms with E-state index < -0.39 is 10.0 Å². The van der Waals surface area contributed by atoms with Crippen molar-refractivity contribution in [2.75, 3.05) is 17.1 Å². The van der Waals surface area contributed by atoms with E-state index in [1.54, 1.807) is 18.2 Å². The first kappa shape index (κ1) is 13.3. The summed E-state index contributed by atoms with van der Waals surface area (Å²) in [5.74, 6) is 0.524. The molecule has 1 heterocycles. The van der Waals surface area contributed by atoms with Crippen molar-refractivity contribution in [2.45, 2.75) is 0 Å². The first-order valence-electron chi connectivity index (χ1n) is 5.61. The van der Waals surface area contributed by atoms with Crippen LogP contribution >= 0.6 is 0 Å². The van der Waals surface area contributed by atoms with Gasteiger partial charge in [-0.25, -0.2) is 18.4 Å². The van der Waals surface area contributed by atoms with Crippen LogP contribution in [0.3, 0.4) is 0 Å². The quantitative estimate of drug-likeness (QED) is 0.862. The third-order valence-electron chi connectivity index (χ3n) is 2.18. The summed E-state index contributed by atoms with van der Waals surface area (Å²) in [7, 11) is -3.50. The zero-order valence-corrected chi connectivity index (χ0v) is 10.9. The Labute approximate surface area is 111 Å². The van der Waals surface area contributed by atoms with Gasteiger partial charge in [0, 0.05) is 12.4 Å². The minimum Gasteiger partial charge on any atom is -0.492 e. The van der Waals surface area contributed by atoms with Crippen molar-refractivity contribution in [3.8, 4) is 5.75 Å². The highest BCUT2D eigenvalue weighted by Gasteiger charge is 2.11. The third kappa shape index (κ3) is 4.55. The summed E-state index contributed by atoms with van der Waals surface area (Å²) in [6.07, 6.45) is 2.93. The average molecular weight is 279 g/mol. The van der Waals surface area contributed by atoms with Crippen LogP contribution in [-0.4, -0.2) is 30.7 Å². The highest BCUT2D eigenvalue weighted by atomic mass is 32.2. The van der Waals surface area contributed by atoms with Crippen molar-refractivity contribution in [2.24, 2.45) is 0 Å². The molecule has 1 aromatic heterocycles. The van der Waals surface area contributed by atoms with Gasteiger partial charge in [-0.1, -0.05) is 18.2 Å². The number of aromatic nitrogens is 2. The SMILES string of the molecule is O=S(=O)(CCOc1ccccc1)Nc1ncccn1. The molecule has 0 bridgehead atoms. The van der Waals surface area contributed by atoms with E-state index >= 15 is 0 Å². The van der Waals surface area contributed by atoms with E-state index in [2.05, 4.69) is 14.7 Å². The lowest BCUT2D eigenvalue weighted by molar-refractivity contribution is 0.341. The number of anilines is 1. The molecule has 0 atom stereocenters. The lowest BCUT2D eigenvalue weighted by atomic mass is 10.3. The largest absolute Gasteiger partial charge is 0.492 e. The monoisotopic (exact) mass is 279 g/mol. The molecule has 0 fully saturated rings. The molecule has 2 aromatic rings. The Kier molecular flexibility index (Phi) is 4.30. The minimum absolute atomic E-state index is 0.0576. The number of hydrogen-bond donors (Lipinski definition) is 1. The van der Waals surface area contributed by atoms with Crippen LogP contribution in [0.25, 0.3) is 0 Å². The van der Waals surface area contributed by atoms with Crippen molar-refractivity contribution in [3.63, 3.8) is 0 Å². The number of sulfonamides is 1. The van der Waals surface area contributed by atoms with Gasteiger partial charge in [-0.15, -0.1) is 0 Å². The lowest BCUT2D eigenvalue weighted by Gasteiger charge is -2.07. The zero-order valence-electron chi connectivity index (χ0n) is 10.1. The van der Waals surface area contributed by atoms with Crippen molar-refractivity contribution in [1.29, 1.82) is 0 Å². The van der Waals surface area contributed by atoms with Crippen molar-refractivity contribution >= 4 is 16.0 Å². The van der Waals surface area contributed by atoms with Crippen LogP contribution in [0.5, 0.6) is 5.75 Å². The maximum Gasteiger partial charge on any atom is 0.238 e. The maximum absolute atomic E-state index is 11.7. The highest BCUT2D eigenvalue weighted by Crippen LogP contribution is 2.08. The fourth-order valence-electron chi connectivity index (χ4n) is 1.33. The van der Waals surface area contributed by atoms with Crippen molar-refractivity contribution in [1.82, 2.24) is 9.97 Å². The second kappa shape index (κ2) is 6.14. The van der Waals surface area contributed by atoms with Gasteiger partial charge in [0.1, 0.15) is 18.1 Å². The van der Waals surface area contributed by atoms with Gasteiger partial charge in [0.05, 0.1) is 0 Å². The summed E-state index contributed by atoms with van der Waals surface area (Å²) >= 11 is 0. The highest BCUT2D eigenvalue weighted by molar-refractivity contribution is 7.92. The number of nitrogens with zero attached hydrogens (tertiary/aromatic N) is 2. The molecule has 0 aliphatic rings. The van der Waals surface area contributed by atoms with Gasteiger partial charge in [0.25, 0.3) is 0 Å². The first-order chi connectivity index (χ1) is 9.16. The number of para-hydroxylation sites is 1. The predicted octanol–water partition coefficient (Wildman–Crippen LogP) is 1.30. The molecule has 7 heteroatoms. The minimum atomic E-state index is -3.50. The molecular weight excluding hydrogens is 266 g/mol. The Morgan fingerprint density at radius 3 is 2.42 bits per heavy atom. The van der Waals surface area contributed by atoms with E-state index in [1.807, 2.05) is 18.2 Å². The second-order valence-corrected chi connectivity index (χ2v) is 5.50. The van der Waals surface area contributed by atoms with E-state index in [0.29, 0.717) is 5.75 Å². The molecule has 0 amide bonds. The number of rotatable bonds is 6. The van der Waals surface area contributed by atoms with Crippen LogP contribution in [0.15, 0.2) is 48.8 Å². The fraction of sp³-hybridized carbons (Fsp3) is 0.167. The van der Waals surface area contributed by atoms with Crippen molar-refractivity contribution < 1.29 is 13.2 Å². The average Bonchev–Trinajstić information content (AvgIpc) is 2.40. The topological polar surface area (TPSA) is 81.2 Å². The standard InChI is InChI=1S/C12H13N3O3S/c16-19(17,15-12-13-7-4-8-14-12)10-9-18-11-5-2-1-3-6-11/h1-8H,9-10H2,(H,13,14,15). The molecule has 2 rings (SSSR count). The van der Waals surface area contributed by atoms with Gasteiger partial charge >= 0.3 is 0 Å². The van der Waals surface area contributed by atoms with Crippen LogP contribution in [-0.2, 0) is 10.0 Å². The van der Waals surface area contributed by atoms with Gasteiger partial charge in [0.2, 0.25) is 16.0 Å². The molecule has 0 saturated heterocycles. The van der Waals surface area contributed by atoms with Gasteiger partial charge in [-0.2, -0.15) is 0 Å². The van der Waals surface area contributed by atoms with E-state index in [-0.39, 0.29) is 18.3 Å². The number of hydrogen-bond acceptors (Lipinski definition) is 5. The van der Waals surface area contributed by atoms with E-state index in [9.17, 15) is 8.42 Å². The fourth-order valence-corrected chi connectivity index (χ4v) is 2.12. The molecule has 0 spiro atoms. The maximum atomic E-state index is 11.7. The van der Waals surface area contributed by atoms with Crippen molar-refractivity contribution in [3.05, 3.63) is 48.8 Å². The second-order valence-electron chi connectivity index (χ2n) is 3.65. The van der Waals surface area contributed by atoms with Crippen LogP contribution in [0.4, 0.5) is 5.95 Å². The Bertz CT molecular complexity index is 603. The lowest BCUT2D eigenvalue weighted by Crippen LogP contribution is -2.22. The Balaban J connectivity index is 1.85. The molecule has 0 radical (unpaired) electrons. The van der Waals surface area contributed by atoms with Crippen LogP contribution in [0, 0.1) is 0 Å². The van der Waals surface area contributed by atoms with E-state index in [1.165, 1.54) is 12.4 Å². The summed E-state index contributed by atoms with van der Waals surface area (Å²) in [6, 6.07) is 10.6. The molecule has 0 unspecified atom stereocenters. The first-order valence-corrected chi connectivity index (χ1v) is 7.26. The summed E-state index contributed by atoms with van der Waals surface area (Å²) in [6.45, 7) is 0.0617. The van der Waals surface area contributed by atoms with Crippen LogP contribution in [0.1, 0.15) is 0 Å². The molecule has 0 aliphatic heterocycles. The molecule has 19 heavy (non-hydrogen) atoms.